The Labute approximate surface area is 147 Å². The number of nitrogens with one attached hydrogen (secondary N) is 1. The Morgan fingerprint density at radius 2 is 2.17 bits per heavy atom. The maximum absolute atomic E-state index is 12.9. The maximum Gasteiger partial charge on any atom is 0.254 e. The van der Waals surface area contributed by atoms with Gasteiger partial charge in [-0.25, -0.2) is 4.98 Å². The molecular formula is C19H26N2O2S. The second-order valence-corrected chi connectivity index (χ2v) is 8.99. The maximum atomic E-state index is 12.9. The molecule has 4 fully saturated rings. The highest BCUT2D eigenvalue weighted by molar-refractivity contribution is 7.99. The predicted molar refractivity (Wildman–Crippen MR) is 95.1 cm³/mol. The summed E-state index contributed by atoms with van der Waals surface area (Å²) in [6, 6.07) is 4.06. The summed E-state index contributed by atoms with van der Waals surface area (Å²) in [7, 11) is 0. The second kappa shape index (κ2) is 6.03. The van der Waals surface area contributed by atoms with Gasteiger partial charge in [0.1, 0.15) is 5.03 Å². The first-order chi connectivity index (χ1) is 11.5. The fourth-order valence-electron chi connectivity index (χ4n) is 5.23. The van der Waals surface area contributed by atoms with E-state index in [4.69, 9.17) is 0 Å². The molecule has 1 aromatic heterocycles. The van der Waals surface area contributed by atoms with Crippen molar-refractivity contribution in [2.24, 2.45) is 17.8 Å². The molecule has 0 radical (unpaired) electrons. The number of carbonyl (C=O) groups is 1. The van der Waals surface area contributed by atoms with E-state index in [9.17, 15) is 9.90 Å². The Morgan fingerprint density at radius 1 is 1.38 bits per heavy atom. The lowest BCUT2D eigenvalue weighted by Gasteiger charge is -2.38. The molecule has 1 aromatic rings. The zero-order valence-electron chi connectivity index (χ0n) is 14.4. The first-order valence-corrected chi connectivity index (χ1v) is 10.1. The summed E-state index contributed by atoms with van der Waals surface area (Å²) >= 11 is 1.66. The highest BCUT2D eigenvalue weighted by Gasteiger charge is 2.60. The molecule has 1 unspecified atom stereocenters. The number of hydrogen-bond donors (Lipinski definition) is 2. The number of aromatic nitrogens is 1. The summed E-state index contributed by atoms with van der Waals surface area (Å²) in [5, 5.41) is 14.7. The van der Waals surface area contributed by atoms with E-state index in [1.807, 2.05) is 19.1 Å². The van der Waals surface area contributed by atoms with E-state index in [0.717, 1.165) is 42.2 Å². The average Bonchev–Trinajstić information content (AvgIpc) is 2.91. The van der Waals surface area contributed by atoms with E-state index in [1.54, 1.807) is 11.8 Å². The van der Waals surface area contributed by atoms with Gasteiger partial charge in [-0.3, -0.25) is 4.79 Å². The highest BCUT2D eigenvalue weighted by Crippen LogP contribution is 2.59. The predicted octanol–water partition coefficient (Wildman–Crippen LogP) is 3.17. The lowest BCUT2D eigenvalue weighted by atomic mass is 9.76. The van der Waals surface area contributed by atoms with Gasteiger partial charge in [0.2, 0.25) is 0 Å². The van der Waals surface area contributed by atoms with E-state index >= 15 is 0 Å². The van der Waals surface area contributed by atoms with Crippen LogP contribution < -0.4 is 5.32 Å². The summed E-state index contributed by atoms with van der Waals surface area (Å²) < 4.78 is 0. The molecule has 5 atom stereocenters. The van der Waals surface area contributed by atoms with Crippen LogP contribution in [0.15, 0.2) is 17.2 Å². The largest absolute Gasteiger partial charge is 0.390 e. The quantitative estimate of drug-likeness (QED) is 0.804. The highest BCUT2D eigenvalue weighted by atomic mass is 32.2. The number of hydrogen-bond acceptors (Lipinski definition) is 4. The zero-order chi connectivity index (χ0) is 16.9. The molecule has 0 saturated heterocycles. The Kier molecular flexibility index (Phi) is 4.12. The third-order valence-electron chi connectivity index (χ3n) is 6.06. The standard InChI is InChI=1S/C19H26N2O2S/c1-3-6-24-18-14(5-4-11(2)20-18)17(22)21-16-13-7-12-8-19(23,9-13)10-15(12)16/h4-5,12-13,15-16,23H,3,6-10H2,1-2H3,(H,21,22)/t12?,13-,15-,16-,19-/m1/s1. The van der Waals surface area contributed by atoms with Gasteiger partial charge in [-0.2, -0.15) is 0 Å². The molecule has 4 bridgehead atoms. The number of aliphatic hydroxyl groups is 1. The van der Waals surface area contributed by atoms with Crippen LogP contribution in [-0.2, 0) is 0 Å². The zero-order valence-corrected chi connectivity index (χ0v) is 15.2. The van der Waals surface area contributed by atoms with Crippen molar-refractivity contribution in [3.05, 3.63) is 23.4 Å². The van der Waals surface area contributed by atoms with Crippen molar-refractivity contribution in [1.29, 1.82) is 0 Å². The fourth-order valence-corrected chi connectivity index (χ4v) is 6.15. The molecule has 5 heteroatoms. The molecular weight excluding hydrogens is 320 g/mol. The van der Waals surface area contributed by atoms with Gasteiger partial charge in [0.15, 0.2) is 0 Å². The van der Waals surface area contributed by atoms with Crippen LogP contribution in [0.1, 0.15) is 55.1 Å². The van der Waals surface area contributed by atoms with E-state index in [0.29, 0.717) is 23.3 Å². The number of nitrogens with zero attached hydrogens (tertiary/aromatic N) is 1. The number of aryl methyl sites for hydroxylation is 1. The first-order valence-electron chi connectivity index (χ1n) is 9.13. The van der Waals surface area contributed by atoms with Gasteiger partial charge < -0.3 is 10.4 Å². The Hall–Kier alpha value is -1.07. The van der Waals surface area contributed by atoms with Crippen molar-refractivity contribution in [3.8, 4) is 0 Å². The third kappa shape index (κ3) is 2.76. The molecule has 2 N–H and O–H groups in total. The topological polar surface area (TPSA) is 62.2 Å². The van der Waals surface area contributed by atoms with Gasteiger partial charge >= 0.3 is 0 Å². The number of amides is 1. The molecule has 24 heavy (non-hydrogen) atoms. The molecule has 0 spiro atoms. The van der Waals surface area contributed by atoms with Crippen molar-refractivity contribution < 1.29 is 9.90 Å². The van der Waals surface area contributed by atoms with E-state index < -0.39 is 5.60 Å². The van der Waals surface area contributed by atoms with Crippen molar-refractivity contribution in [3.63, 3.8) is 0 Å². The molecule has 1 amide bonds. The minimum atomic E-state index is -0.437. The monoisotopic (exact) mass is 346 g/mol. The van der Waals surface area contributed by atoms with Crippen LogP contribution in [0.4, 0.5) is 0 Å². The molecule has 4 aliphatic rings. The number of pyridine rings is 1. The van der Waals surface area contributed by atoms with E-state index in [2.05, 4.69) is 17.2 Å². The Morgan fingerprint density at radius 3 is 2.92 bits per heavy atom. The number of thioether (sulfide) groups is 1. The van der Waals surface area contributed by atoms with E-state index in [-0.39, 0.29) is 11.9 Å². The molecule has 0 aromatic carbocycles. The molecule has 5 rings (SSSR count). The summed E-state index contributed by atoms with van der Waals surface area (Å²) in [6.45, 7) is 4.10. The van der Waals surface area contributed by atoms with Gasteiger partial charge in [0.25, 0.3) is 5.91 Å². The molecule has 130 valence electrons. The van der Waals surface area contributed by atoms with Gasteiger partial charge in [0.05, 0.1) is 11.2 Å². The van der Waals surface area contributed by atoms with Crippen LogP contribution >= 0.6 is 11.8 Å². The molecule has 4 nitrogen and oxygen atoms in total. The van der Waals surface area contributed by atoms with Gasteiger partial charge in [-0.05, 0) is 74.7 Å². The number of rotatable bonds is 5. The third-order valence-corrected chi connectivity index (χ3v) is 7.26. The van der Waals surface area contributed by atoms with Crippen LogP contribution in [-0.4, -0.2) is 33.4 Å². The molecule has 4 saturated carbocycles. The van der Waals surface area contributed by atoms with Crippen LogP contribution in [0.5, 0.6) is 0 Å². The lowest BCUT2D eigenvalue weighted by Crippen LogP contribution is -2.48. The fraction of sp³-hybridized carbons (Fsp3) is 0.684. The lowest BCUT2D eigenvalue weighted by molar-refractivity contribution is -0.0192. The SMILES string of the molecule is CCCSc1nc(C)ccc1C(=O)N[C@@H]1[C@@H]2CC3C[C@@](O)(C2)C[C@H]31. The average molecular weight is 346 g/mol. The second-order valence-electron chi connectivity index (χ2n) is 7.91. The Balaban J connectivity index is 1.51. The smallest absolute Gasteiger partial charge is 0.254 e. The van der Waals surface area contributed by atoms with Crippen molar-refractivity contribution in [1.82, 2.24) is 10.3 Å². The van der Waals surface area contributed by atoms with Crippen molar-refractivity contribution in [2.75, 3.05) is 5.75 Å². The summed E-state index contributed by atoms with van der Waals surface area (Å²) in [5.74, 6) is 2.49. The molecule has 1 heterocycles. The van der Waals surface area contributed by atoms with Crippen molar-refractivity contribution in [2.45, 2.75) is 62.6 Å². The summed E-state index contributed by atoms with van der Waals surface area (Å²) in [4.78, 5) is 17.5. The van der Waals surface area contributed by atoms with Gasteiger partial charge in [-0.1, -0.05) is 6.92 Å². The normalized spacial score (nSPS) is 36.3. The van der Waals surface area contributed by atoms with Crippen LogP contribution in [0.3, 0.4) is 0 Å². The van der Waals surface area contributed by atoms with E-state index in [1.165, 1.54) is 6.42 Å². The van der Waals surface area contributed by atoms with Crippen LogP contribution in [0, 0.1) is 24.7 Å². The minimum Gasteiger partial charge on any atom is -0.390 e. The van der Waals surface area contributed by atoms with Crippen LogP contribution in [0.25, 0.3) is 0 Å². The van der Waals surface area contributed by atoms with Crippen LogP contribution in [0.2, 0.25) is 0 Å². The number of carbonyl (C=O) groups excluding carboxylic acids is 1. The van der Waals surface area contributed by atoms with Crippen molar-refractivity contribution >= 4 is 17.7 Å². The first kappa shape index (κ1) is 16.4. The molecule has 0 aliphatic heterocycles. The van der Waals surface area contributed by atoms with Gasteiger partial charge in [0, 0.05) is 11.7 Å². The Bertz CT molecular complexity index is 661. The summed E-state index contributed by atoms with van der Waals surface area (Å²) in [6.07, 6.45) is 4.89. The minimum absolute atomic E-state index is 0.00842. The van der Waals surface area contributed by atoms with Gasteiger partial charge in [-0.15, -0.1) is 11.8 Å². The molecule has 4 aliphatic carbocycles. The summed E-state index contributed by atoms with van der Waals surface area (Å²) in [5.41, 5.74) is 1.22.